The average Bonchev–Trinajstić information content (AvgIpc) is 3.11. The van der Waals surface area contributed by atoms with E-state index in [-0.39, 0.29) is 22.9 Å². The van der Waals surface area contributed by atoms with Gasteiger partial charge in [-0.2, -0.15) is 0 Å². The molecule has 0 aliphatic carbocycles. The van der Waals surface area contributed by atoms with E-state index in [9.17, 15) is 18.4 Å². The van der Waals surface area contributed by atoms with E-state index >= 15 is 0 Å². The highest BCUT2D eigenvalue weighted by molar-refractivity contribution is 7.14. The smallest absolute Gasteiger partial charge is 0.271 e. The predicted molar refractivity (Wildman–Crippen MR) is 91.8 cm³/mol. The van der Waals surface area contributed by atoms with Crippen LogP contribution in [0.2, 0.25) is 0 Å². The average molecular weight is 374 g/mol. The van der Waals surface area contributed by atoms with Gasteiger partial charge >= 0.3 is 0 Å². The van der Waals surface area contributed by atoms with Gasteiger partial charge in [0.25, 0.3) is 11.8 Å². The molecule has 0 radical (unpaired) electrons. The first kappa shape index (κ1) is 17.6. The van der Waals surface area contributed by atoms with Gasteiger partial charge in [0.1, 0.15) is 5.69 Å². The summed E-state index contributed by atoms with van der Waals surface area (Å²) in [4.78, 5) is 32.2. The Balaban J connectivity index is 1.61. The maximum absolute atomic E-state index is 13.2. The maximum atomic E-state index is 13.2. The number of hydrogen-bond acceptors (Lipinski definition) is 5. The molecule has 0 aliphatic heterocycles. The fraction of sp³-hybridized carbons (Fsp3) is 0.0588. The third-order valence-electron chi connectivity index (χ3n) is 3.30. The van der Waals surface area contributed by atoms with Crippen LogP contribution in [0.5, 0.6) is 0 Å². The number of carbonyl (C=O) groups excluding carboxylic acids is 2. The summed E-state index contributed by atoms with van der Waals surface area (Å²) in [6.07, 6.45) is 1.62. The topological polar surface area (TPSA) is 84.0 Å². The number of thiazole rings is 1. The lowest BCUT2D eigenvalue weighted by Gasteiger charge is -2.03. The lowest BCUT2D eigenvalue weighted by molar-refractivity contribution is 0.0944. The molecule has 1 aromatic carbocycles. The molecule has 0 spiro atoms. The molecule has 0 unspecified atom stereocenters. The number of pyridine rings is 1. The second kappa shape index (κ2) is 7.79. The Morgan fingerprint density at radius 1 is 1.08 bits per heavy atom. The molecule has 2 N–H and O–H groups in total. The van der Waals surface area contributed by atoms with Crippen molar-refractivity contribution in [2.24, 2.45) is 0 Å². The molecule has 2 heterocycles. The summed E-state index contributed by atoms with van der Waals surface area (Å²) in [5, 5.41) is 6.76. The highest BCUT2D eigenvalue weighted by Crippen LogP contribution is 2.17. The van der Waals surface area contributed by atoms with Crippen LogP contribution in [0.1, 0.15) is 26.5 Å². The lowest BCUT2D eigenvalue weighted by atomic mass is 10.2. The molecule has 3 aromatic rings. The number of nitrogens with one attached hydrogen (secondary N) is 2. The van der Waals surface area contributed by atoms with Gasteiger partial charge in [-0.15, -0.1) is 11.3 Å². The molecular weight excluding hydrogens is 362 g/mol. The number of amides is 2. The zero-order chi connectivity index (χ0) is 18.5. The van der Waals surface area contributed by atoms with Crippen LogP contribution in [0.15, 0.2) is 48.0 Å². The van der Waals surface area contributed by atoms with Gasteiger partial charge in [-0.25, -0.2) is 13.8 Å². The standard InChI is InChI=1S/C17H12F2N4O2S/c18-12-5-4-10(7-13(12)19)15(24)23-17-22-14(9-26-17)16(25)21-8-11-3-1-2-6-20-11/h1-7,9H,8H2,(H,21,25)(H,22,23,24). The van der Waals surface area contributed by atoms with E-state index in [1.54, 1.807) is 18.3 Å². The van der Waals surface area contributed by atoms with Gasteiger partial charge in [0.2, 0.25) is 0 Å². The number of nitrogens with zero attached hydrogens (tertiary/aromatic N) is 2. The molecule has 0 bridgehead atoms. The molecule has 132 valence electrons. The molecule has 9 heteroatoms. The Kier molecular flexibility index (Phi) is 5.28. The van der Waals surface area contributed by atoms with E-state index in [4.69, 9.17) is 0 Å². The summed E-state index contributed by atoms with van der Waals surface area (Å²) in [7, 11) is 0. The van der Waals surface area contributed by atoms with Crippen LogP contribution in [-0.2, 0) is 6.54 Å². The van der Waals surface area contributed by atoms with Gasteiger partial charge < -0.3 is 5.32 Å². The van der Waals surface area contributed by atoms with Crippen molar-refractivity contribution in [3.05, 3.63) is 76.6 Å². The largest absolute Gasteiger partial charge is 0.345 e. The SMILES string of the molecule is O=C(Nc1nc(C(=O)NCc2ccccn2)cs1)c1ccc(F)c(F)c1. The first-order valence-electron chi connectivity index (χ1n) is 7.43. The summed E-state index contributed by atoms with van der Waals surface area (Å²) in [5.74, 6) is -3.23. The molecule has 6 nitrogen and oxygen atoms in total. The van der Waals surface area contributed by atoms with E-state index in [1.165, 1.54) is 5.38 Å². The highest BCUT2D eigenvalue weighted by atomic mass is 32.1. The molecule has 0 atom stereocenters. The van der Waals surface area contributed by atoms with Crippen molar-refractivity contribution in [2.75, 3.05) is 5.32 Å². The van der Waals surface area contributed by atoms with E-state index in [1.807, 2.05) is 6.07 Å². The molecular formula is C17H12F2N4O2S. The number of anilines is 1. The fourth-order valence-electron chi connectivity index (χ4n) is 2.01. The van der Waals surface area contributed by atoms with Gasteiger partial charge in [-0.3, -0.25) is 19.9 Å². The minimum Gasteiger partial charge on any atom is -0.345 e. The third kappa shape index (κ3) is 4.25. The normalized spacial score (nSPS) is 10.4. The maximum Gasteiger partial charge on any atom is 0.271 e. The van der Waals surface area contributed by atoms with Crippen molar-refractivity contribution < 1.29 is 18.4 Å². The zero-order valence-electron chi connectivity index (χ0n) is 13.2. The van der Waals surface area contributed by atoms with Crippen molar-refractivity contribution in [3.8, 4) is 0 Å². The van der Waals surface area contributed by atoms with Gasteiger partial charge in [0, 0.05) is 17.1 Å². The van der Waals surface area contributed by atoms with Gasteiger partial charge in [0.05, 0.1) is 12.2 Å². The number of rotatable bonds is 5. The molecule has 0 saturated carbocycles. The molecule has 0 saturated heterocycles. The minimum absolute atomic E-state index is 0.0553. The van der Waals surface area contributed by atoms with E-state index < -0.39 is 23.4 Å². The first-order valence-corrected chi connectivity index (χ1v) is 8.31. The number of halogens is 2. The van der Waals surface area contributed by atoms with E-state index in [0.717, 1.165) is 29.5 Å². The molecule has 2 amide bonds. The Morgan fingerprint density at radius 3 is 2.65 bits per heavy atom. The summed E-state index contributed by atoms with van der Waals surface area (Å²) >= 11 is 1.04. The zero-order valence-corrected chi connectivity index (χ0v) is 14.0. The van der Waals surface area contributed by atoms with Crippen LogP contribution in [-0.4, -0.2) is 21.8 Å². The summed E-state index contributed by atoms with van der Waals surface area (Å²) in [6.45, 7) is 0.244. The number of hydrogen-bond donors (Lipinski definition) is 2. The van der Waals surface area contributed by atoms with Crippen LogP contribution in [0.25, 0.3) is 0 Å². The van der Waals surface area contributed by atoms with Gasteiger partial charge in [0.15, 0.2) is 16.8 Å². The van der Waals surface area contributed by atoms with Crippen molar-refractivity contribution >= 4 is 28.3 Å². The van der Waals surface area contributed by atoms with Crippen LogP contribution in [0.4, 0.5) is 13.9 Å². The number of benzene rings is 1. The molecule has 26 heavy (non-hydrogen) atoms. The molecule has 3 rings (SSSR count). The molecule has 0 aliphatic rings. The lowest BCUT2D eigenvalue weighted by Crippen LogP contribution is -2.23. The predicted octanol–water partition coefficient (Wildman–Crippen LogP) is 3.00. The van der Waals surface area contributed by atoms with Crippen LogP contribution >= 0.6 is 11.3 Å². The van der Waals surface area contributed by atoms with Crippen molar-refractivity contribution in [1.29, 1.82) is 0 Å². The number of carbonyl (C=O) groups is 2. The minimum atomic E-state index is -1.12. The monoisotopic (exact) mass is 374 g/mol. The third-order valence-corrected chi connectivity index (χ3v) is 4.05. The highest BCUT2D eigenvalue weighted by Gasteiger charge is 2.14. The number of aromatic nitrogens is 2. The van der Waals surface area contributed by atoms with Crippen LogP contribution in [0, 0.1) is 11.6 Å². The Morgan fingerprint density at radius 2 is 1.92 bits per heavy atom. The molecule has 2 aromatic heterocycles. The van der Waals surface area contributed by atoms with Gasteiger partial charge in [-0.1, -0.05) is 6.07 Å². The quantitative estimate of drug-likeness (QED) is 0.719. The first-order chi connectivity index (χ1) is 12.5. The van der Waals surface area contributed by atoms with Crippen LogP contribution in [0.3, 0.4) is 0 Å². The summed E-state index contributed by atoms with van der Waals surface area (Å²) in [6, 6.07) is 8.16. The van der Waals surface area contributed by atoms with Crippen molar-refractivity contribution in [2.45, 2.75) is 6.54 Å². The van der Waals surface area contributed by atoms with E-state index in [0.29, 0.717) is 5.69 Å². The second-order valence-electron chi connectivity index (χ2n) is 5.12. The Bertz CT molecular complexity index is 947. The van der Waals surface area contributed by atoms with Gasteiger partial charge in [-0.05, 0) is 30.3 Å². The van der Waals surface area contributed by atoms with Crippen molar-refractivity contribution in [1.82, 2.24) is 15.3 Å². The Hall–Kier alpha value is -3.20. The molecule has 0 fully saturated rings. The fourth-order valence-corrected chi connectivity index (χ4v) is 2.69. The second-order valence-corrected chi connectivity index (χ2v) is 5.98. The Labute approximate surface area is 150 Å². The summed E-state index contributed by atoms with van der Waals surface area (Å²) < 4.78 is 26.1. The van der Waals surface area contributed by atoms with E-state index in [2.05, 4.69) is 20.6 Å². The van der Waals surface area contributed by atoms with Crippen molar-refractivity contribution in [3.63, 3.8) is 0 Å². The summed E-state index contributed by atoms with van der Waals surface area (Å²) in [5.41, 5.74) is 0.773. The van der Waals surface area contributed by atoms with Crippen LogP contribution < -0.4 is 10.6 Å².